The van der Waals surface area contributed by atoms with Crippen molar-refractivity contribution in [2.75, 3.05) is 12.5 Å². The molecule has 1 N–H and O–H groups in total. The van der Waals surface area contributed by atoms with Gasteiger partial charge in [0, 0.05) is 13.1 Å². The lowest BCUT2D eigenvalue weighted by Gasteiger charge is -2.12. The van der Waals surface area contributed by atoms with E-state index in [0.29, 0.717) is 52.2 Å². The fraction of sp³-hybridized carbons (Fsp3) is 0.304. The SMILES string of the molecule is CCn1nc(C)c2nc(SCC(=O)NCc3ccc4c(c3)OCO4)n(Cc3ccco3)c(=O)c21. The Bertz CT molecular complexity index is 1410. The van der Waals surface area contributed by atoms with Crippen molar-refractivity contribution in [1.29, 1.82) is 0 Å². The first kappa shape index (κ1) is 22.1. The maximum absolute atomic E-state index is 13.4. The van der Waals surface area contributed by atoms with Crippen LogP contribution in [0.1, 0.15) is 23.9 Å². The summed E-state index contributed by atoms with van der Waals surface area (Å²) in [6.07, 6.45) is 1.56. The van der Waals surface area contributed by atoms with Crippen LogP contribution in [-0.2, 0) is 24.4 Å². The zero-order chi connectivity index (χ0) is 23.7. The molecular formula is C23H23N5O5S. The van der Waals surface area contributed by atoms with Crippen LogP contribution in [0.5, 0.6) is 11.5 Å². The van der Waals surface area contributed by atoms with E-state index in [1.165, 1.54) is 16.3 Å². The van der Waals surface area contributed by atoms with Crippen LogP contribution in [0.15, 0.2) is 51.0 Å². The third-order valence-electron chi connectivity index (χ3n) is 5.43. The number of hydrogen-bond acceptors (Lipinski definition) is 8. The lowest BCUT2D eigenvalue weighted by Crippen LogP contribution is -2.27. The van der Waals surface area contributed by atoms with Gasteiger partial charge in [-0.15, -0.1) is 0 Å². The monoisotopic (exact) mass is 481 g/mol. The van der Waals surface area contributed by atoms with Gasteiger partial charge in [0.25, 0.3) is 5.56 Å². The number of thioether (sulfide) groups is 1. The Morgan fingerprint density at radius 3 is 2.88 bits per heavy atom. The van der Waals surface area contributed by atoms with Gasteiger partial charge in [0.1, 0.15) is 11.3 Å². The average molecular weight is 482 g/mol. The Labute approximate surface area is 198 Å². The van der Waals surface area contributed by atoms with E-state index in [9.17, 15) is 9.59 Å². The molecule has 0 unspecified atom stereocenters. The molecule has 1 aliphatic heterocycles. The van der Waals surface area contributed by atoms with Gasteiger partial charge in [-0.05, 0) is 43.7 Å². The molecule has 4 heterocycles. The van der Waals surface area contributed by atoms with Crippen LogP contribution in [0.2, 0.25) is 0 Å². The van der Waals surface area contributed by atoms with Gasteiger partial charge >= 0.3 is 0 Å². The Morgan fingerprint density at radius 1 is 1.24 bits per heavy atom. The molecule has 11 heteroatoms. The zero-order valence-corrected chi connectivity index (χ0v) is 19.6. The highest BCUT2D eigenvalue weighted by atomic mass is 32.2. The molecule has 4 aromatic rings. The minimum absolute atomic E-state index is 0.0988. The minimum atomic E-state index is -0.216. The fourth-order valence-corrected chi connectivity index (χ4v) is 4.58. The van der Waals surface area contributed by atoms with E-state index in [1.54, 1.807) is 23.1 Å². The number of carbonyl (C=O) groups excluding carboxylic acids is 1. The highest BCUT2D eigenvalue weighted by Gasteiger charge is 2.20. The van der Waals surface area contributed by atoms with Crippen molar-refractivity contribution < 1.29 is 18.7 Å². The predicted octanol–water partition coefficient (Wildman–Crippen LogP) is 2.70. The second-order valence-electron chi connectivity index (χ2n) is 7.72. The second kappa shape index (κ2) is 9.26. The van der Waals surface area contributed by atoms with Crippen LogP contribution in [0.25, 0.3) is 11.0 Å². The van der Waals surface area contributed by atoms with E-state index in [2.05, 4.69) is 10.4 Å². The van der Waals surface area contributed by atoms with Crippen molar-refractivity contribution >= 4 is 28.7 Å². The summed E-state index contributed by atoms with van der Waals surface area (Å²) in [6.45, 7) is 5.07. The van der Waals surface area contributed by atoms with Gasteiger partial charge in [0.05, 0.1) is 24.3 Å². The van der Waals surface area contributed by atoms with Crippen LogP contribution < -0.4 is 20.3 Å². The van der Waals surface area contributed by atoms with Gasteiger partial charge in [-0.3, -0.25) is 18.8 Å². The predicted molar refractivity (Wildman–Crippen MR) is 125 cm³/mol. The van der Waals surface area contributed by atoms with Crippen molar-refractivity contribution in [1.82, 2.24) is 24.6 Å². The van der Waals surface area contributed by atoms with Crippen molar-refractivity contribution in [3.05, 3.63) is 64.0 Å². The van der Waals surface area contributed by atoms with Gasteiger partial charge in [-0.1, -0.05) is 17.8 Å². The molecule has 5 rings (SSSR count). The van der Waals surface area contributed by atoms with E-state index in [0.717, 1.165) is 5.56 Å². The summed E-state index contributed by atoms with van der Waals surface area (Å²) in [7, 11) is 0. The Kier molecular flexibility index (Phi) is 6.01. The fourth-order valence-electron chi connectivity index (χ4n) is 3.76. The molecule has 1 amide bonds. The van der Waals surface area contributed by atoms with Crippen molar-refractivity contribution in [2.45, 2.75) is 38.6 Å². The molecule has 10 nitrogen and oxygen atoms in total. The van der Waals surface area contributed by atoms with Crippen LogP contribution in [0.4, 0.5) is 0 Å². The molecule has 1 aromatic carbocycles. The summed E-state index contributed by atoms with van der Waals surface area (Å²) in [5, 5.41) is 7.77. The molecular weight excluding hydrogens is 458 g/mol. The maximum Gasteiger partial charge on any atom is 0.280 e. The summed E-state index contributed by atoms with van der Waals surface area (Å²) in [4.78, 5) is 30.7. The van der Waals surface area contributed by atoms with E-state index in [4.69, 9.17) is 18.9 Å². The smallest absolute Gasteiger partial charge is 0.280 e. The molecule has 0 aliphatic carbocycles. The lowest BCUT2D eigenvalue weighted by molar-refractivity contribution is -0.118. The van der Waals surface area contributed by atoms with Crippen LogP contribution in [-0.4, -0.2) is 37.8 Å². The molecule has 176 valence electrons. The first-order valence-corrected chi connectivity index (χ1v) is 11.8. The number of aromatic nitrogens is 4. The van der Waals surface area contributed by atoms with Gasteiger partial charge < -0.3 is 19.2 Å². The molecule has 1 aliphatic rings. The maximum atomic E-state index is 13.4. The van der Waals surface area contributed by atoms with Crippen molar-refractivity contribution in [3.63, 3.8) is 0 Å². The quantitative estimate of drug-likeness (QED) is 0.302. The number of carbonyl (C=O) groups is 1. The summed E-state index contributed by atoms with van der Waals surface area (Å²) in [6, 6.07) is 9.12. The molecule has 0 saturated heterocycles. The lowest BCUT2D eigenvalue weighted by atomic mass is 10.2. The highest BCUT2D eigenvalue weighted by Crippen LogP contribution is 2.32. The number of rotatable bonds is 8. The van der Waals surface area contributed by atoms with Gasteiger partial charge in [0.15, 0.2) is 22.2 Å². The summed E-state index contributed by atoms with van der Waals surface area (Å²) in [5.41, 5.74) is 2.36. The average Bonchev–Trinajstić information content (AvgIpc) is 3.58. The molecule has 0 spiro atoms. The molecule has 0 saturated carbocycles. The third kappa shape index (κ3) is 4.26. The normalized spacial score (nSPS) is 12.4. The number of benzene rings is 1. The summed E-state index contributed by atoms with van der Waals surface area (Å²) < 4.78 is 19.3. The van der Waals surface area contributed by atoms with E-state index in [1.807, 2.05) is 32.0 Å². The summed E-state index contributed by atoms with van der Waals surface area (Å²) >= 11 is 1.20. The van der Waals surface area contributed by atoms with Crippen LogP contribution >= 0.6 is 11.8 Å². The second-order valence-corrected chi connectivity index (χ2v) is 8.66. The van der Waals surface area contributed by atoms with E-state index >= 15 is 0 Å². The number of nitrogens with one attached hydrogen (secondary N) is 1. The Morgan fingerprint density at radius 2 is 2.09 bits per heavy atom. The standard InChI is InChI=1S/C23H23N5O5S/c1-3-28-21-20(14(2)26-28)25-23(27(22(21)30)11-16-5-4-8-31-16)34-12-19(29)24-10-15-6-7-17-18(9-15)33-13-32-17/h4-9H,3,10-13H2,1-2H3,(H,24,29). The summed E-state index contributed by atoms with van der Waals surface area (Å²) in [5.74, 6) is 1.91. The topological polar surface area (TPSA) is 113 Å². The van der Waals surface area contributed by atoms with Gasteiger partial charge in [-0.25, -0.2) is 4.98 Å². The molecule has 0 atom stereocenters. The molecule has 3 aromatic heterocycles. The van der Waals surface area contributed by atoms with Gasteiger partial charge in [-0.2, -0.15) is 5.10 Å². The molecule has 0 radical (unpaired) electrons. The minimum Gasteiger partial charge on any atom is -0.467 e. The van der Waals surface area contributed by atoms with Crippen LogP contribution in [0.3, 0.4) is 0 Å². The first-order valence-electron chi connectivity index (χ1n) is 10.8. The van der Waals surface area contributed by atoms with Crippen molar-refractivity contribution in [2.24, 2.45) is 0 Å². The van der Waals surface area contributed by atoms with Gasteiger partial charge in [0.2, 0.25) is 12.7 Å². The number of hydrogen-bond donors (Lipinski definition) is 1. The van der Waals surface area contributed by atoms with Crippen molar-refractivity contribution in [3.8, 4) is 11.5 Å². The number of nitrogens with zero attached hydrogens (tertiary/aromatic N) is 4. The Hall–Kier alpha value is -3.73. The van der Waals surface area contributed by atoms with E-state index in [-0.39, 0.29) is 30.6 Å². The highest BCUT2D eigenvalue weighted by molar-refractivity contribution is 7.99. The number of ether oxygens (including phenoxy) is 2. The third-order valence-corrected chi connectivity index (χ3v) is 6.41. The largest absolute Gasteiger partial charge is 0.467 e. The number of amides is 1. The number of aryl methyl sites for hydroxylation is 2. The molecule has 34 heavy (non-hydrogen) atoms. The zero-order valence-electron chi connectivity index (χ0n) is 18.7. The van der Waals surface area contributed by atoms with Crippen LogP contribution in [0, 0.1) is 6.92 Å². The Balaban J connectivity index is 1.35. The molecule has 0 fully saturated rings. The number of furan rings is 1. The first-order chi connectivity index (χ1) is 16.5. The van der Waals surface area contributed by atoms with E-state index < -0.39 is 0 Å². The number of fused-ring (bicyclic) bond motifs is 2. The molecule has 0 bridgehead atoms.